The molecule has 1 atom stereocenters. The number of carbonyl (C=O) groups is 1. The third-order valence-corrected chi connectivity index (χ3v) is 8.47. The van der Waals surface area contributed by atoms with Gasteiger partial charge in [0.2, 0.25) is 0 Å². The second kappa shape index (κ2) is 14.2. The molecule has 2 heterocycles. The highest BCUT2D eigenvalue weighted by Crippen LogP contribution is 2.41. The van der Waals surface area contributed by atoms with E-state index in [9.17, 15) is 4.79 Å². The summed E-state index contributed by atoms with van der Waals surface area (Å²) in [5.41, 5.74) is 5.99. The summed E-state index contributed by atoms with van der Waals surface area (Å²) in [4.78, 5) is 16.4. The summed E-state index contributed by atoms with van der Waals surface area (Å²) in [7, 11) is 1.96. The van der Waals surface area contributed by atoms with E-state index in [4.69, 9.17) is 18.9 Å². The van der Waals surface area contributed by atoms with Gasteiger partial charge in [0.05, 0.1) is 32.5 Å². The van der Waals surface area contributed by atoms with E-state index in [2.05, 4.69) is 46.3 Å². The van der Waals surface area contributed by atoms with Crippen LogP contribution in [-0.4, -0.2) is 48.3 Å². The number of ether oxygens (including phenoxy) is 4. The van der Waals surface area contributed by atoms with Crippen LogP contribution in [-0.2, 0) is 19.9 Å². The molecule has 7 nitrogen and oxygen atoms in total. The lowest BCUT2D eigenvalue weighted by molar-refractivity contribution is 0.0649. The van der Waals surface area contributed by atoms with Crippen molar-refractivity contribution in [1.82, 2.24) is 9.47 Å². The van der Waals surface area contributed by atoms with Gasteiger partial charge in [-0.2, -0.15) is 0 Å². The highest BCUT2D eigenvalue weighted by Gasteiger charge is 2.34. The summed E-state index contributed by atoms with van der Waals surface area (Å²) >= 11 is 3.52. The summed E-state index contributed by atoms with van der Waals surface area (Å²) in [5.74, 6) is 2.87. The van der Waals surface area contributed by atoms with Crippen molar-refractivity contribution in [1.29, 1.82) is 0 Å². The van der Waals surface area contributed by atoms with Crippen molar-refractivity contribution in [2.24, 2.45) is 7.05 Å². The average Bonchev–Trinajstić information content (AvgIpc) is 3.40. The maximum atomic E-state index is 14.4. The highest BCUT2D eigenvalue weighted by atomic mass is 79.9. The lowest BCUT2D eigenvalue weighted by atomic mass is 9.87. The molecule has 1 unspecified atom stereocenters. The number of hydrogen-bond donors (Lipinski definition) is 0. The van der Waals surface area contributed by atoms with Gasteiger partial charge in [0, 0.05) is 23.8 Å². The maximum absolute atomic E-state index is 14.4. The minimum absolute atomic E-state index is 0.00526. The first-order chi connectivity index (χ1) is 21.4. The summed E-state index contributed by atoms with van der Waals surface area (Å²) in [6.45, 7) is 10.6. The van der Waals surface area contributed by atoms with E-state index in [0.717, 1.165) is 44.8 Å². The first kappa shape index (κ1) is 31.5. The average molecular weight is 662 g/mol. The predicted molar refractivity (Wildman–Crippen MR) is 177 cm³/mol. The van der Waals surface area contributed by atoms with Gasteiger partial charge in [0.25, 0.3) is 5.91 Å². The van der Waals surface area contributed by atoms with Crippen LogP contribution in [0.25, 0.3) is 11.3 Å². The molecule has 0 N–H and O–H groups in total. The molecule has 232 valence electrons. The van der Waals surface area contributed by atoms with Crippen molar-refractivity contribution >= 4 is 21.8 Å². The third kappa shape index (κ3) is 6.60. The maximum Gasteiger partial charge on any atom is 0.271 e. The summed E-state index contributed by atoms with van der Waals surface area (Å²) in [6, 6.07) is 22.1. The largest absolute Gasteiger partial charge is 0.490 e. The summed E-state index contributed by atoms with van der Waals surface area (Å²) in [5, 5.41) is 0. The Morgan fingerprint density at radius 1 is 0.773 bits per heavy atom. The van der Waals surface area contributed by atoms with E-state index in [1.807, 2.05) is 80.6 Å². The first-order valence-electron chi connectivity index (χ1n) is 15.4. The van der Waals surface area contributed by atoms with Crippen LogP contribution in [0.4, 0.5) is 0 Å². The lowest BCUT2D eigenvalue weighted by Gasteiger charge is -2.38. The number of benzene rings is 3. The Balaban J connectivity index is 1.56. The van der Waals surface area contributed by atoms with Gasteiger partial charge in [-0.1, -0.05) is 34.1 Å². The Morgan fingerprint density at radius 3 is 2.05 bits per heavy atom. The van der Waals surface area contributed by atoms with Gasteiger partial charge in [0.15, 0.2) is 23.0 Å². The zero-order valence-corrected chi connectivity index (χ0v) is 27.8. The van der Waals surface area contributed by atoms with Gasteiger partial charge >= 0.3 is 0 Å². The zero-order valence-electron chi connectivity index (χ0n) is 26.2. The van der Waals surface area contributed by atoms with Crippen LogP contribution in [0.1, 0.15) is 60.9 Å². The molecular weight excluding hydrogens is 620 g/mol. The van der Waals surface area contributed by atoms with Crippen LogP contribution in [0.15, 0.2) is 71.2 Å². The fraction of sp³-hybridized carbons (Fsp3) is 0.361. The molecule has 0 saturated heterocycles. The van der Waals surface area contributed by atoms with E-state index >= 15 is 0 Å². The second-order valence-electron chi connectivity index (χ2n) is 10.6. The standard InChI is InChI=1S/C36H41BrN2O5/c1-6-41-32-17-10-24(21-33(32)42-7-2)20-31-28-23-35(44-9-4)34(43-8-3)22-26(28)18-19-39(31)36(40)30-16-15-29(38(30)5)25-11-13-27(37)14-12-25/h10-17,21-23,31H,6-9,18-20H2,1-5H3. The third-order valence-electron chi connectivity index (χ3n) is 7.94. The highest BCUT2D eigenvalue weighted by molar-refractivity contribution is 9.10. The molecule has 0 fully saturated rings. The second-order valence-corrected chi connectivity index (χ2v) is 11.6. The number of aromatic nitrogens is 1. The van der Waals surface area contributed by atoms with Crippen LogP contribution >= 0.6 is 15.9 Å². The van der Waals surface area contributed by atoms with Gasteiger partial charge in [-0.05, 0) is 111 Å². The number of amides is 1. The van der Waals surface area contributed by atoms with Crippen molar-refractivity contribution in [2.75, 3.05) is 33.0 Å². The van der Waals surface area contributed by atoms with Crippen LogP contribution < -0.4 is 18.9 Å². The lowest BCUT2D eigenvalue weighted by Crippen LogP contribution is -2.41. The smallest absolute Gasteiger partial charge is 0.271 e. The van der Waals surface area contributed by atoms with E-state index in [1.54, 1.807) is 0 Å². The first-order valence-corrected chi connectivity index (χ1v) is 16.2. The SMILES string of the molecule is CCOc1ccc(CC2c3cc(OCC)c(OCC)cc3CCN2C(=O)c2ccc(-c3ccc(Br)cc3)n2C)cc1OCC. The minimum atomic E-state index is -0.223. The minimum Gasteiger partial charge on any atom is -0.490 e. The normalized spacial score (nSPS) is 14.2. The van der Waals surface area contributed by atoms with Gasteiger partial charge in [-0.3, -0.25) is 4.79 Å². The molecule has 0 aliphatic carbocycles. The molecule has 0 saturated carbocycles. The van der Waals surface area contributed by atoms with Crippen molar-refractivity contribution < 1.29 is 23.7 Å². The number of carbonyl (C=O) groups excluding carboxylic acids is 1. The fourth-order valence-electron chi connectivity index (χ4n) is 5.94. The van der Waals surface area contributed by atoms with Gasteiger partial charge in [-0.25, -0.2) is 0 Å². The predicted octanol–water partition coefficient (Wildman–Crippen LogP) is 8.03. The molecule has 8 heteroatoms. The summed E-state index contributed by atoms with van der Waals surface area (Å²) in [6.07, 6.45) is 1.33. The zero-order chi connectivity index (χ0) is 31.2. The van der Waals surface area contributed by atoms with Gasteiger partial charge in [-0.15, -0.1) is 0 Å². The molecular formula is C36H41BrN2O5. The number of fused-ring (bicyclic) bond motifs is 1. The van der Waals surface area contributed by atoms with Crippen molar-refractivity contribution in [3.63, 3.8) is 0 Å². The quantitative estimate of drug-likeness (QED) is 0.154. The molecule has 0 bridgehead atoms. The Morgan fingerprint density at radius 2 is 1.39 bits per heavy atom. The molecule has 5 rings (SSSR count). The van der Waals surface area contributed by atoms with E-state index in [-0.39, 0.29) is 11.9 Å². The van der Waals surface area contributed by atoms with E-state index in [1.165, 1.54) is 5.56 Å². The van der Waals surface area contributed by atoms with Gasteiger partial charge < -0.3 is 28.4 Å². The molecule has 1 aromatic heterocycles. The van der Waals surface area contributed by atoms with Crippen molar-refractivity contribution in [2.45, 2.75) is 46.6 Å². The molecule has 3 aromatic carbocycles. The molecule has 4 aromatic rings. The molecule has 1 amide bonds. The Kier molecular flexibility index (Phi) is 10.2. The van der Waals surface area contributed by atoms with Crippen molar-refractivity contribution in [3.8, 4) is 34.3 Å². The number of rotatable bonds is 12. The van der Waals surface area contributed by atoms with Crippen LogP contribution in [0.2, 0.25) is 0 Å². The van der Waals surface area contributed by atoms with Crippen molar-refractivity contribution in [3.05, 3.63) is 93.6 Å². The molecule has 1 aliphatic heterocycles. The molecule has 44 heavy (non-hydrogen) atoms. The molecule has 1 aliphatic rings. The van der Waals surface area contributed by atoms with Crippen LogP contribution in [0.3, 0.4) is 0 Å². The van der Waals surface area contributed by atoms with E-state index < -0.39 is 0 Å². The van der Waals surface area contributed by atoms with E-state index in [0.29, 0.717) is 56.6 Å². The summed E-state index contributed by atoms with van der Waals surface area (Å²) < 4.78 is 26.8. The Hall–Kier alpha value is -3.91. The Bertz CT molecular complexity index is 1600. The Labute approximate surface area is 268 Å². The number of halogens is 1. The number of nitrogens with zero attached hydrogens (tertiary/aromatic N) is 2. The topological polar surface area (TPSA) is 62.2 Å². The van der Waals surface area contributed by atoms with Crippen LogP contribution in [0, 0.1) is 0 Å². The molecule has 0 radical (unpaired) electrons. The van der Waals surface area contributed by atoms with Crippen LogP contribution in [0.5, 0.6) is 23.0 Å². The monoisotopic (exact) mass is 660 g/mol. The van der Waals surface area contributed by atoms with Gasteiger partial charge in [0.1, 0.15) is 5.69 Å². The fourth-order valence-corrected chi connectivity index (χ4v) is 6.20. The molecule has 0 spiro atoms. The number of hydrogen-bond acceptors (Lipinski definition) is 5.